The second kappa shape index (κ2) is 7.97. The molecule has 0 aromatic heterocycles. The fourth-order valence-corrected chi connectivity index (χ4v) is 0.400. The minimum atomic E-state index is 0. The number of amides is 2. The average molecular weight is 174 g/mol. The quantitative estimate of drug-likeness (QED) is 0.424. The van der Waals surface area contributed by atoms with E-state index >= 15 is 0 Å². The summed E-state index contributed by atoms with van der Waals surface area (Å²) in [7, 11) is 6.90. The Labute approximate surface area is 104 Å². The molecule has 2 N–H and O–H groups in total. The second-order valence-electron chi connectivity index (χ2n) is 2.07. The van der Waals surface area contributed by atoms with Crippen LogP contribution in [0.25, 0.3) is 0 Å². The van der Waals surface area contributed by atoms with Gasteiger partial charge in [-0.2, -0.15) is 0 Å². The average Bonchev–Trinajstić information content (AvgIpc) is 1.64. The van der Waals surface area contributed by atoms with Gasteiger partial charge in [-0.15, -0.1) is 0 Å². The van der Waals surface area contributed by atoms with E-state index in [2.05, 4.69) is 0 Å². The van der Waals surface area contributed by atoms with Crippen LogP contribution in [0.15, 0.2) is 0 Å². The summed E-state index contributed by atoms with van der Waals surface area (Å²) in [4.78, 5) is 13.8. The van der Waals surface area contributed by atoms with Crippen LogP contribution in [-0.2, 0) is 0 Å². The third kappa shape index (κ3) is 6.98. The SMILES string of the molecule is CN(C)C(=O)N(C)C.O.[KH]. The van der Waals surface area contributed by atoms with Gasteiger partial charge >= 0.3 is 57.4 Å². The molecule has 0 aliphatic rings. The van der Waals surface area contributed by atoms with Crippen molar-refractivity contribution >= 4 is 57.4 Å². The number of nitrogens with zero attached hydrogens (tertiary/aromatic N) is 2. The van der Waals surface area contributed by atoms with Gasteiger partial charge in [0.25, 0.3) is 0 Å². The van der Waals surface area contributed by atoms with Gasteiger partial charge < -0.3 is 15.3 Å². The van der Waals surface area contributed by atoms with Crippen molar-refractivity contribution in [2.24, 2.45) is 0 Å². The molecule has 0 bridgehead atoms. The van der Waals surface area contributed by atoms with E-state index in [0.717, 1.165) is 0 Å². The molecule has 0 spiro atoms. The van der Waals surface area contributed by atoms with Crippen LogP contribution in [0, 0.1) is 0 Å². The van der Waals surface area contributed by atoms with E-state index in [1.165, 1.54) is 9.80 Å². The van der Waals surface area contributed by atoms with Crippen molar-refractivity contribution in [2.45, 2.75) is 0 Å². The Kier molecular flexibility index (Phi) is 13.6. The first-order chi connectivity index (χ1) is 3.55. The number of hydrogen-bond donors (Lipinski definition) is 0. The number of urea groups is 1. The molecule has 0 atom stereocenters. The van der Waals surface area contributed by atoms with Crippen molar-refractivity contribution < 1.29 is 10.3 Å². The van der Waals surface area contributed by atoms with E-state index in [-0.39, 0.29) is 62.9 Å². The maximum absolute atomic E-state index is 10.7. The molecular formula is C5H15KN2O2. The van der Waals surface area contributed by atoms with Gasteiger partial charge in [0.15, 0.2) is 0 Å². The third-order valence-corrected chi connectivity index (χ3v) is 0.765. The number of carbonyl (C=O) groups is 1. The fraction of sp³-hybridized carbons (Fsp3) is 0.800. The summed E-state index contributed by atoms with van der Waals surface area (Å²) < 4.78 is 0. The molecule has 0 aromatic rings. The second-order valence-corrected chi connectivity index (χ2v) is 2.07. The standard InChI is InChI=1S/C5H12N2O.K.H2O.H/c1-6(2)5(8)7(3)4;;;/h1-4H3;;1H2;. The normalized spacial score (nSPS) is 6.80. The van der Waals surface area contributed by atoms with Crippen LogP contribution in [0.4, 0.5) is 4.79 Å². The molecule has 0 rings (SSSR count). The van der Waals surface area contributed by atoms with E-state index in [4.69, 9.17) is 0 Å². The van der Waals surface area contributed by atoms with Crippen LogP contribution in [-0.4, -0.2) is 101 Å². The zero-order chi connectivity index (χ0) is 6.73. The molecule has 4 nitrogen and oxygen atoms in total. The molecule has 5 heteroatoms. The van der Waals surface area contributed by atoms with Crippen molar-refractivity contribution in [3.05, 3.63) is 0 Å². The van der Waals surface area contributed by atoms with Gasteiger partial charge in [-0.3, -0.25) is 0 Å². The molecule has 0 radical (unpaired) electrons. The Morgan fingerprint density at radius 3 is 1.20 bits per heavy atom. The molecule has 0 heterocycles. The summed E-state index contributed by atoms with van der Waals surface area (Å²) >= 11 is 0. The summed E-state index contributed by atoms with van der Waals surface area (Å²) in [6.45, 7) is 0. The van der Waals surface area contributed by atoms with Gasteiger partial charge in [-0.1, -0.05) is 0 Å². The van der Waals surface area contributed by atoms with Gasteiger partial charge in [0.2, 0.25) is 0 Å². The van der Waals surface area contributed by atoms with Crippen molar-refractivity contribution in [3.63, 3.8) is 0 Å². The molecule has 0 fully saturated rings. The predicted octanol–water partition coefficient (Wildman–Crippen LogP) is -1.24. The first kappa shape index (κ1) is 17.1. The molecule has 0 saturated heterocycles. The summed E-state index contributed by atoms with van der Waals surface area (Å²) in [5, 5.41) is 0. The summed E-state index contributed by atoms with van der Waals surface area (Å²) in [6, 6.07) is 0.0185. The van der Waals surface area contributed by atoms with Gasteiger partial charge in [0.05, 0.1) is 0 Å². The summed E-state index contributed by atoms with van der Waals surface area (Å²) in [5.41, 5.74) is 0. The van der Waals surface area contributed by atoms with Crippen LogP contribution in [0.5, 0.6) is 0 Å². The van der Waals surface area contributed by atoms with Crippen LogP contribution >= 0.6 is 0 Å². The zero-order valence-electron chi connectivity index (χ0n) is 6.30. The Hall–Kier alpha value is 0.866. The molecule has 10 heavy (non-hydrogen) atoms. The van der Waals surface area contributed by atoms with Crippen molar-refractivity contribution in [1.29, 1.82) is 0 Å². The van der Waals surface area contributed by atoms with Gasteiger partial charge in [0.1, 0.15) is 0 Å². The van der Waals surface area contributed by atoms with Crippen LogP contribution in [0.2, 0.25) is 0 Å². The van der Waals surface area contributed by atoms with E-state index < -0.39 is 0 Å². The maximum atomic E-state index is 10.7. The van der Waals surface area contributed by atoms with Crippen LogP contribution < -0.4 is 0 Å². The molecule has 2 amide bonds. The first-order valence-corrected chi connectivity index (χ1v) is 2.44. The monoisotopic (exact) mass is 174 g/mol. The molecule has 58 valence electrons. The first-order valence-electron chi connectivity index (χ1n) is 2.44. The van der Waals surface area contributed by atoms with Crippen molar-refractivity contribution in [1.82, 2.24) is 9.80 Å². The van der Waals surface area contributed by atoms with Crippen molar-refractivity contribution in [2.75, 3.05) is 28.2 Å². The van der Waals surface area contributed by atoms with Crippen molar-refractivity contribution in [3.8, 4) is 0 Å². The zero-order valence-corrected chi connectivity index (χ0v) is 6.30. The number of hydrogen-bond acceptors (Lipinski definition) is 1. The van der Waals surface area contributed by atoms with E-state index in [1.807, 2.05) is 0 Å². The van der Waals surface area contributed by atoms with Gasteiger partial charge in [0, 0.05) is 28.2 Å². The molecule has 0 unspecified atom stereocenters. The Bertz CT molecular complexity index is 85.6. The van der Waals surface area contributed by atoms with E-state index in [9.17, 15) is 4.79 Å². The minimum absolute atomic E-state index is 0. The number of rotatable bonds is 0. The van der Waals surface area contributed by atoms with E-state index in [0.29, 0.717) is 0 Å². The molecule has 0 aliphatic carbocycles. The van der Waals surface area contributed by atoms with Crippen LogP contribution in [0.1, 0.15) is 0 Å². The van der Waals surface area contributed by atoms with Gasteiger partial charge in [-0.05, 0) is 0 Å². The third-order valence-electron chi connectivity index (χ3n) is 0.765. The van der Waals surface area contributed by atoms with E-state index in [1.54, 1.807) is 28.2 Å². The molecule has 0 aromatic carbocycles. The predicted molar refractivity (Wildman–Crippen MR) is 43.5 cm³/mol. The Morgan fingerprint density at radius 1 is 1.00 bits per heavy atom. The molecular weight excluding hydrogens is 159 g/mol. The van der Waals surface area contributed by atoms with Gasteiger partial charge in [-0.25, -0.2) is 4.79 Å². The Morgan fingerprint density at radius 2 is 1.20 bits per heavy atom. The van der Waals surface area contributed by atoms with Crippen LogP contribution in [0.3, 0.4) is 0 Å². The Balaban J connectivity index is -0.000000245. The summed E-state index contributed by atoms with van der Waals surface area (Å²) in [6.07, 6.45) is 0. The fourth-order valence-electron chi connectivity index (χ4n) is 0.400. The topological polar surface area (TPSA) is 55.1 Å². The summed E-state index contributed by atoms with van der Waals surface area (Å²) in [5.74, 6) is 0. The molecule has 0 aliphatic heterocycles. The molecule has 0 saturated carbocycles. The number of carbonyl (C=O) groups excluding carboxylic acids is 1.